The van der Waals surface area contributed by atoms with E-state index >= 15 is 0 Å². The molecule has 1 fully saturated rings. The highest BCUT2D eigenvalue weighted by atomic mass is 16.5. The van der Waals surface area contributed by atoms with Gasteiger partial charge in [-0.25, -0.2) is 0 Å². The Morgan fingerprint density at radius 1 is 1.62 bits per heavy atom. The molecular weight excluding hydrogens is 168 g/mol. The van der Waals surface area contributed by atoms with E-state index in [-0.39, 0.29) is 5.97 Å². The maximum absolute atomic E-state index is 10.6. The van der Waals surface area contributed by atoms with E-state index < -0.39 is 0 Å². The van der Waals surface area contributed by atoms with Crippen molar-refractivity contribution in [1.29, 1.82) is 0 Å². The zero-order valence-corrected chi connectivity index (χ0v) is 7.36. The second-order valence-electron chi connectivity index (χ2n) is 3.18. The SMILES string of the molecule is CC(=O)Oc1cnnc(C2CC2)c1. The summed E-state index contributed by atoms with van der Waals surface area (Å²) >= 11 is 0. The number of nitrogens with zero attached hydrogens (tertiary/aromatic N) is 2. The predicted octanol–water partition coefficient (Wildman–Crippen LogP) is 1.28. The molecule has 1 aliphatic rings. The number of hydrogen-bond acceptors (Lipinski definition) is 4. The van der Waals surface area contributed by atoms with E-state index in [2.05, 4.69) is 10.2 Å². The van der Waals surface area contributed by atoms with Crippen molar-refractivity contribution in [3.05, 3.63) is 18.0 Å². The number of hydrogen-bond donors (Lipinski definition) is 0. The van der Waals surface area contributed by atoms with Crippen LogP contribution in [-0.4, -0.2) is 16.2 Å². The Hall–Kier alpha value is -1.45. The first-order chi connectivity index (χ1) is 6.25. The molecule has 0 radical (unpaired) electrons. The smallest absolute Gasteiger partial charge is 0.308 e. The van der Waals surface area contributed by atoms with Crippen LogP contribution in [0.1, 0.15) is 31.4 Å². The van der Waals surface area contributed by atoms with Crippen molar-refractivity contribution in [3.63, 3.8) is 0 Å². The molecule has 1 aromatic heterocycles. The molecule has 1 saturated carbocycles. The van der Waals surface area contributed by atoms with Gasteiger partial charge in [-0.2, -0.15) is 10.2 Å². The molecule has 4 heteroatoms. The van der Waals surface area contributed by atoms with E-state index in [9.17, 15) is 4.79 Å². The van der Waals surface area contributed by atoms with Crippen LogP contribution in [0.5, 0.6) is 5.75 Å². The van der Waals surface area contributed by atoms with Crippen LogP contribution in [0.4, 0.5) is 0 Å². The zero-order chi connectivity index (χ0) is 9.26. The third kappa shape index (κ3) is 2.02. The fourth-order valence-electron chi connectivity index (χ4n) is 1.16. The summed E-state index contributed by atoms with van der Waals surface area (Å²) in [4.78, 5) is 10.6. The summed E-state index contributed by atoms with van der Waals surface area (Å²) in [6, 6.07) is 1.78. The van der Waals surface area contributed by atoms with Crippen LogP contribution >= 0.6 is 0 Å². The molecule has 0 amide bonds. The van der Waals surface area contributed by atoms with Gasteiger partial charge in [0.25, 0.3) is 0 Å². The van der Waals surface area contributed by atoms with E-state index in [1.54, 1.807) is 6.07 Å². The van der Waals surface area contributed by atoms with Crippen LogP contribution in [-0.2, 0) is 4.79 Å². The lowest BCUT2D eigenvalue weighted by molar-refractivity contribution is -0.131. The highest BCUT2D eigenvalue weighted by Crippen LogP contribution is 2.39. The third-order valence-corrected chi connectivity index (χ3v) is 1.91. The molecule has 0 spiro atoms. The fraction of sp³-hybridized carbons (Fsp3) is 0.444. The Morgan fingerprint density at radius 3 is 3.00 bits per heavy atom. The zero-order valence-electron chi connectivity index (χ0n) is 7.36. The van der Waals surface area contributed by atoms with Crippen LogP contribution in [0.3, 0.4) is 0 Å². The van der Waals surface area contributed by atoms with Crippen LogP contribution in [0, 0.1) is 0 Å². The normalized spacial score (nSPS) is 15.5. The highest BCUT2D eigenvalue weighted by molar-refractivity contribution is 5.69. The Balaban J connectivity index is 2.16. The minimum atomic E-state index is -0.324. The summed E-state index contributed by atoms with van der Waals surface area (Å²) in [5, 5.41) is 7.74. The minimum Gasteiger partial charge on any atom is -0.425 e. The van der Waals surface area contributed by atoms with Crippen molar-refractivity contribution in [2.24, 2.45) is 0 Å². The van der Waals surface area contributed by atoms with E-state index in [4.69, 9.17) is 4.74 Å². The number of rotatable bonds is 2. The molecule has 0 bridgehead atoms. The molecule has 0 saturated heterocycles. The molecule has 2 rings (SSSR count). The van der Waals surface area contributed by atoms with Crippen LogP contribution in [0.25, 0.3) is 0 Å². The number of carbonyl (C=O) groups is 1. The van der Waals surface area contributed by atoms with Crippen molar-refractivity contribution in [3.8, 4) is 5.75 Å². The van der Waals surface area contributed by atoms with E-state index in [0.29, 0.717) is 11.7 Å². The Kier molecular flexibility index (Phi) is 1.96. The van der Waals surface area contributed by atoms with E-state index in [0.717, 1.165) is 18.5 Å². The molecule has 13 heavy (non-hydrogen) atoms. The molecule has 0 atom stereocenters. The molecule has 1 heterocycles. The molecule has 1 aromatic rings. The second kappa shape index (κ2) is 3.12. The Morgan fingerprint density at radius 2 is 2.38 bits per heavy atom. The second-order valence-corrected chi connectivity index (χ2v) is 3.18. The van der Waals surface area contributed by atoms with Crippen molar-refractivity contribution < 1.29 is 9.53 Å². The maximum atomic E-state index is 10.6. The summed E-state index contributed by atoms with van der Waals surface area (Å²) < 4.78 is 4.89. The lowest BCUT2D eigenvalue weighted by atomic mass is 10.3. The molecule has 0 aromatic carbocycles. The quantitative estimate of drug-likeness (QED) is 0.640. The summed E-state index contributed by atoms with van der Waals surface area (Å²) in [6.45, 7) is 1.37. The summed E-state index contributed by atoms with van der Waals surface area (Å²) in [5.41, 5.74) is 0.929. The topological polar surface area (TPSA) is 52.1 Å². The average molecular weight is 178 g/mol. The van der Waals surface area contributed by atoms with Gasteiger partial charge in [-0.15, -0.1) is 0 Å². The van der Waals surface area contributed by atoms with Gasteiger partial charge in [-0.1, -0.05) is 0 Å². The van der Waals surface area contributed by atoms with Gasteiger partial charge in [0.2, 0.25) is 0 Å². The van der Waals surface area contributed by atoms with Crippen molar-refractivity contribution in [2.45, 2.75) is 25.7 Å². The molecular formula is C9H10N2O2. The largest absolute Gasteiger partial charge is 0.425 e. The molecule has 0 unspecified atom stereocenters. The van der Waals surface area contributed by atoms with Crippen molar-refractivity contribution in [1.82, 2.24) is 10.2 Å². The van der Waals surface area contributed by atoms with Gasteiger partial charge in [0.15, 0.2) is 5.75 Å². The summed E-state index contributed by atoms with van der Waals surface area (Å²) in [7, 11) is 0. The first-order valence-corrected chi connectivity index (χ1v) is 4.27. The van der Waals surface area contributed by atoms with Gasteiger partial charge in [0.1, 0.15) is 0 Å². The number of aromatic nitrogens is 2. The summed E-state index contributed by atoms with van der Waals surface area (Å²) in [6.07, 6.45) is 3.78. The van der Waals surface area contributed by atoms with Crippen molar-refractivity contribution >= 4 is 5.97 Å². The fourth-order valence-corrected chi connectivity index (χ4v) is 1.16. The maximum Gasteiger partial charge on any atom is 0.308 e. The molecule has 0 aliphatic heterocycles. The molecule has 1 aliphatic carbocycles. The Bertz CT molecular complexity index is 334. The first-order valence-electron chi connectivity index (χ1n) is 4.27. The van der Waals surface area contributed by atoms with Crippen molar-refractivity contribution in [2.75, 3.05) is 0 Å². The van der Waals surface area contributed by atoms with Gasteiger partial charge in [-0.3, -0.25) is 4.79 Å². The molecule has 4 nitrogen and oxygen atoms in total. The Labute approximate surface area is 75.9 Å². The average Bonchev–Trinajstić information content (AvgIpc) is 2.85. The molecule has 0 N–H and O–H groups in total. The molecule has 68 valence electrons. The third-order valence-electron chi connectivity index (χ3n) is 1.91. The van der Waals surface area contributed by atoms with Gasteiger partial charge in [0, 0.05) is 18.9 Å². The van der Waals surface area contributed by atoms with Crippen LogP contribution in [0.15, 0.2) is 12.3 Å². The van der Waals surface area contributed by atoms with Gasteiger partial charge < -0.3 is 4.74 Å². The van der Waals surface area contributed by atoms with Gasteiger partial charge in [-0.05, 0) is 12.8 Å². The lowest BCUT2D eigenvalue weighted by Gasteiger charge is -2.00. The van der Waals surface area contributed by atoms with Gasteiger partial charge in [0.05, 0.1) is 11.9 Å². The van der Waals surface area contributed by atoms with E-state index in [1.807, 2.05) is 0 Å². The summed E-state index contributed by atoms with van der Waals surface area (Å²) in [5.74, 6) is 0.696. The van der Waals surface area contributed by atoms with Crippen LogP contribution in [0.2, 0.25) is 0 Å². The monoisotopic (exact) mass is 178 g/mol. The standard InChI is InChI=1S/C9H10N2O2/c1-6(12)13-8-4-9(7-2-3-7)11-10-5-8/h4-5,7H,2-3H2,1H3. The lowest BCUT2D eigenvalue weighted by Crippen LogP contribution is -2.03. The minimum absolute atomic E-state index is 0.324. The van der Waals surface area contributed by atoms with E-state index in [1.165, 1.54) is 13.1 Å². The predicted molar refractivity (Wildman–Crippen MR) is 45.3 cm³/mol. The van der Waals surface area contributed by atoms with Gasteiger partial charge >= 0.3 is 5.97 Å². The number of ether oxygens (including phenoxy) is 1. The highest BCUT2D eigenvalue weighted by Gasteiger charge is 2.25. The first kappa shape index (κ1) is 8.16. The van der Waals surface area contributed by atoms with Crippen LogP contribution < -0.4 is 4.74 Å². The number of esters is 1. The number of carbonyl (C=O) groups excluding carboxylic acids is 1.